The maximum atomic E-state index is 13.0. The lowest BCUT2D eigenvalue weighted by Crippen LogP contribution is -2.33. The summed E-state index contributed by atoms with van der Waals surface area (Å²) < 4.78 is 13.0. The first-order valence-corrected chi connectivity index (χ1v) is 6.20. The molecule has 0 radical (unpaired) electrons. The smallest absolute Gasteiger partial charge is 0.240 e. The van der Waals surface area contributed by atoms with Crippen molar-refractivity contribution in [2.24, 2.45) is 0 Å². The zero-order chi connectivity index (χ0) is 12.1. The van der Waals surface area contributed by atoms with Crippen molar-refractivity contribution >= 4 is 21.8 Å². The second-order valence-electron chi connectivity index (χ2n) is 3.43. The Morgan fingerprint density at radius 2 is 2.06 bits per heavy atom. The van der Waals surface area contributed by atoms with E-state index in [0.29, 0.717) is 18.7 Å². The molecule has 2 nitrogen and oxygen atoms in total. The molecule has 1 rings (SSSR count). The van der Waals surface area contributed by atoms with Gasteiger partial charge in [-0.3, -0.25) is 4.79 Å². The third-order valence-corrected chi connectivity index (χ3v) is 3.35. The predicted octanol–water partition coefficient (Wildman–Crippen LogP) is 3.13. The molecule has 0 aliphatic heterocycles. The minimum absolute atomic E-state index is 0.0319. The van der Waals surface area contributed by atoms with Gasteiger partial charge in [0.15, 0.2) is 0 Å². The second-order valence-corrected chi connectivity index (χ2v) is 4.34. The molecular formula is C12H15BrFNO. The lowest BCUT2D eigenvalue weighted by Gasteiger charge is -2.22. The van der Waals surface area contributed by atoms with Crippen LogP contribution in [0.1, 0.15) is 24.2 Å². The van der Waals surface area contributed by atoms with Crippen LogP contribution in [0.2, 0.25) is 0 Å². The molecule has 1 aromatic rings. The second kappa shape index (κ2) is 5.99. The lowest BCUT2D eigenvalue weighted by molar-refractivity contribution is -0.130. The largest absolute Gasteiger partial charge is 0.342 e. The molecule has 0 N–H and O–H groups in total. The highest BCUT2D eigenvalue weighted by molar-refractivity contribution is 9.09. The average Bonchev–Trinajstić information content (AvgIpc) is 2.29. The summed E-state index contributed by atoms with van der Waals surface area (Å²) in [6, 6.07) is 6.09. The van der Waals surface area contributed by atoms with Crippen LogP contribution in [-0.2, 0) is 4.79 Å². The standard InChI is InChI=1S/C12H15BrFNO/c1-3-15(4-2)12(16)11(13)9-6-5-7-10(14)8-9/h5-8,11H,3-4H2,1-2H3. The van der Waals surface area contributed by atoms with Crippen molar-refractivity contribution in [1.82, 2.24) is 4.90 Å². The van der Waals surface area contributed by atoms with E-state index in [1.54, 1.807) is 17.0 Å². The average molecular weight is 288 g/mol. The van der Waals surface area contributed by atoms with Crippen LogP contribution in [0.25, 0.3) is 0 Å². The summed E-state index contributed by atoms with van der Waals surface area (Å²) in [5, 5.41) is 0. The van der Waals surface area contributed by atoms with E-state index in [1.807, 2.05) is 13.8 Å². The first-order chi connectivity index (χ1) is 7.60. The molecule has 0 saturated heterocycles. The molecule has 0 saturated carbocycles. The first-order valence-electron chi connectivity index (χ1n) is 5.28. The van der Waals surface area contributed by atoms with Crippen molar-refractivity contribution in [3.63, 3.8) is 0 Å². The van der Waals surface area contributed by atoms with Gasteiger partial charge in [0, 0.05) is 13.1 Å². The van der Waals surface area contributed by atoms with Gasteiger partial charge in [0.2, 0.25) is 5.91 Å². The van der Waals surface area contributed by atoms with E-state index in [2.05, 4.69) is 15.9 Å². The van der Waals surface area contributed by atoms with Gasteiger partial charge in [0.25, 0.3) is 0 Å². The van der Waals surface area contributed by atoms with Crippen LogP contribution in [0.15, 0.2) is 24.3 Å². The molecule has 0 fully saturated rings. The Bertz CT molecular complexity index is 366. The van der Waals surface area contributed by atoms with Crippen LogP contribution in [-0.4, -0.2) is 23.9 Å². The van der Waals surface area contributed by atoms with E-state index in [1.165, 1.54) is 12.1 Å². The van der Waals surface area contributed by atoms with Crippen molar-refractivity contribution in [2.45, 2.75) is 18.7 Å². The summed E-state index contributed by atoms with van der Waals surface area (Å²) in [5.74, 6) is -0.357. The Balaban J connectivity index is 2.85. The normalized spacial score (nSPS) is 12.2. The molecule has 0 aromatic heterocycles. The van der Waals surface area contributed by atoms with Crippen LogP contribution in [0, 0.1) is 5.82 Å². The Morgan fingerprint density at radius 3 is 2.56 bits per heavy atom. The lowest BCUT2D eigenvalue weighted by atomic mass is 10.1. The predicted molar refractivity (Wildman–Crippen MR) is 66.0 cm³/mol. The van der Waals surface area contributed by atoms with E-state index < -0.39 is 4.83 Å². The van der Waals surface area contributed by atoms with Crippen LogP contribution in [0.5, 0.6) is 0 Å². The number of rotatable bonds is 4. The summed E-state index contributed by atoms with van der Waals surface area (Å²) in [6.45, 7) is 5.17. The molecule has 88 valence electrons. The number of hydrogen-bond donors (Lipinski definition) is 0. The minimum atomic E-state index is -0.469. The maximum Gasteiger partial charge on any atom is 0.240 e. The van der Waals surface area contributed by atoms with Crippen molar-refractivity contribution in [1.29, 1.82) is 0 Å². The van der Waals surface area contributed by atoms with E-state index in [-0.39, 0.29) is 11.7 Å². The molecular weight excluding hydrogens is 273 g/mol. The molecule has 1 unspecified atom stereocenters. The summed E-state index contributed by atoms with van der Waals surface area (Å²) in [4.78, 5) is 13.2. The topological polar surface area (TPSA) is 20.3 Å². The van der Waals surface area contributed by atoms with Gasteiger partial charge in [0.1, 0.15) is 10.6 Å². The Hall–Kier alpha value is -0.900. The quantitative estimate of drug-likeness (QED) is 0.779. The molecule has 1 amide bonds. The van der Waals surface area contributed by atoms with Gasteiger partial charge in [-0.05, 0) is 31.5 Å². The highest BCUT2D eigenvalue weighted by atomic mass is 79.9. The van der Waals surface area contributed by atoms with Gasteiger partial charge < -0.3 is 4.90 Å². The zero-order valence-corrected chi connectivity index (χ0v) is 11.0. The first kappa shape index (κ1) is 13.2. The van der Waals surface area contributed by atoms with Crippen LogP contribution in [0.3, 0.4) is 0 Å². The van der Waals surface area contributed by atoms with Gasteiger partial charge in [-0.2, -0.15) is 0 Å². The minimum Gasteiger partial charge on any atom is -0.342 e. The number of halogens is 2. The number of likely N-dealkylation sites (N-methyl/N-ethyl adjacent to an activating group) is 1. The maximum absolute atomic E-state index is 13.0. The van der Waals surface area contributed by atoms with E-state index in [4.69, 9.17) is 0 Å². The third kappa shape index (κ3) is 3.04. The number of carbonyl (C=O) groups excluding carboxylic acids is 1. The van der Waals surface area contributed by atoms with Crippen molar-refractivity contribution in [3.05, 3.63) is 35.6 Å². The fourth-order valence-electron chi connectivity index (χ4n) is 1.50. The molecule has 0 aliphatic carbocycles. The number of alkyl halides is 1. The van der Waals surface area contributed by atoms with Gasteiger partial charge in [-0.15, -0.1) is 0 Å². The number of carbonyl (C=O) groups is 1. The highest BCUT2D eigenvalue weighted by Crippen LogP contribution is 2.25. The molecule has 16 heavy (non-hydrogen) atoms. The Morgan fingerprint density at radius 1 is 1.44 bits per heavy atom. The monoisotopic (exact) mass is 287 g/mol. The molecule has 1 atom stereocenters. The zero-order valence-electron chi connectivity index (χ0n) is 9.41. The fraction of sp³-hybridized carbons (Fsp3) is 0.417. The van der Waals surface area contributed by atoms with Gasteiger partial charge >= 0.3 is 0 Å². The number of hydrogen-bond acceptors (Lipinski definition) is 1. The molecule has 0 aliphatic rings. The van der Waals surface area contributed by atoms with Gasteiger partial charge in [-0.25, -0.2) is 4.39 Å². The summed E-state index contributed by atoms with van der Waals surface area (Å²) in [5.41, 5.74) is 0.650. The summed E-state index contributed by atoms with van der Waals surface area (Å²) in [7, 11) is 0. The van der Waals surface area contributed by atoms with Crippen molar-refractivity contribution in [3.8, 4) is 0 Å². The SMILES string of the molecule is CCN(CC)C(=O)C(Br)c1cccc(F)c1. The molecule has 0 spiro atoms. The van der Waals surface area contributed by atoms with Crippen LogP contribution in [0.4, 0.5) is 4.39 Å². The Labute approximate surface area is 104 Å². The van der Waals surface area contributed by atoms with E-state index in [9.17, 15) is 9.18 Å². The summed E-state index contributed by atoms with van der Waals surface area (Å²) in [6.07, 6.45) is 0. The number of amides is 1. The van der Waals surface area contributed by atoms with Crippen LogP contribution >= 0.6 is 15.9 Å². The fourth-order valence-corrected chi connectivity index (χ4v) is 2.08. The highest BCUT2D eigenvalue weighted by Gasteiger charge is 2.21. The van der Waals surface area contributed by atoms with Crippen LogP contribution < -0.4 is 0 Å². The number of benzene rings is 1. The van der Waals surface area contributed by atoms with Gasteiger partial charge in [0.05, 0.1) is 0 Å². The van der Waals surface area contributed by atoms with E-state index >= 15 is 0 Å². The van der Waals surface area contributed by atoms with Crippen molar-refractivity contribution < 1.29 is 9.18 Å². The van der Waals surface area contributed by atoms with Gasteiger partial charge in [-0.1, -0.05) is 28.1 Å². The molecule has 1 aromatic carbocycles. The van der Waals surface area contributed by atoms with E-state index in [0.717, 1.165) is 0 Å². The Kier molecular flexibility index (Phi) is 4.93. The molecule has 0 bridgehead atoms. The summed E-state index contributed by atoms with van der Waals surface area (Å²) >= 11 is 3.31. The van der Waals surface area contributed by atoms with Crippen molar-refractivity contribution in [2.75, 3.05) is 13.1 Å². The number of nitrogens with zero attached hydrogens (tertiary/aromatic N) is 1. The molecule has 0 heterocycles. The molecule has 4 heteroatoms. The third-order valence-electron chi connectivity index (χ3n) is 2.43.